The van der Waals surface area contributed by atoms with Gasteiger partial charge in [0.05, 0.1) is 10.2 Å². The van der Waals surface area contributed by atoms with Crippen LogP contribution in [0.5, 0.6) is 0 Å². The van der Waals surface area contributed by atoms with Gasteiger partial charge < -0.3 is 10.6 Å². The smallest absolute Gasteiger partial charge is 0.161 e. The lowest BCUT2D eigenvalue weighted by molar-refractivity contribution is 0.605. The number of halogens is 2. The van der Waals surface area contributed by atoms with Crippen molar-refractivity contribution in [2.45, 2.75) is 13.0 Å². The predicted molar refractivity (Wildman–Crippen MR) is 89.1 cm³/mol. The summed E-state index contributed by atoms with van der Waals surface area (Å²) in [5, 5.41) is 2.09. The first-order valence-electron chi connectivity index (χ1n) is 6.16. The molecule has 1 aromatic heterocycles. The fourth-order valence-electron chi connectivity index (χ4n) is 2.43. The molecule has 0 saturated heterocycles. The highest BCUT2D eigenvalue weighted by Crippen LogP contribution is 2.33. The molecule has 0 fully saturated rings. The minimum Gasteiger partial charge on any atom is -0.389 e. The van der Waals surface area contributed by atoms with E-state index in [1.54, 1.807) is 23.5 Å². The number of rotatable bonds is 2. The summed E-state index contributed by atoms with van der Waals surface area (Å²) >= 11 is 9.95. The number of benzene rings is 1. The van der Waals surface area contributed by atoms with Gasteiger partial charge in [-0.1, -0.05) is 12.2 Å². The highest BCUT2D eigenvalue weighted by Gasteiger charge is 2.22. The van der Waals surface area contributed by atoms with E-state index in [9.17, 15) is 4.39 Å². The first-order valence-corrected chi connectivity index (χ1v) is 8.24. The monoisotopic (exact) mass is 370 g/mol. The van der Waals surface area contributed by atoms with Gasteiger partial charge >= 0.3 is 0 Å². The van der Waals surface area contributed by atoms with Crippen LogP contribution in [-0.4, -0.2) is 11.5 Å². The van der Waals surface area contributed by atoms with Crippen LogP contribution in [0.4, 0.5) is 10.1 Å². The van der Waals surface area contributed by atoms with Gasteiger partial charge in [-0.25, -0.2) is 4.39 Å². The quantitative estimate of drug-likeness (QED) is 0.814. The molecule has 0 atom stereocenters. The normalized spacial score (nSPS) is 14.2. The van der Waals surface area contributed by atoms with Crippen LogP contribution in [-0.2, 0) is 13.0 Å². The summed E-state index contributed by atoms with van der Waals surface area (Å²) in [5.74, 6) is -0.297. The molecular weight excluding hydrogens is 359 g/mol. The average Bonchev–Trinajstić information content (AvgIpc) is 2.88. The number of nitrogens with two attached hydrogens (primary N) is 1. The van der Waals surface area contributed by atoms with E-state index in [4.69, 9.17) is 18.0 Å². The Kier molecular flexibility index (Phi) is 3.79. The van der Waals surface area contributed by atoms with Crippen molar-refractivity contribution in [3.8, 4) is 0 Å². The number of nitrogens with zero attached hydrogens (tertiary/aromatic N) is 1. The maximum absolute atomic E-state index is 14.5. The number of fused-ring (bicyclic) bond motifs is 1. The van der Waals surface area contributed by atoms with Gasteiger partial charge in [0.1, 0.15) is 4.99 Å². The molecule has 6 heteroatoms. The molecule has 0 unspecified atom stereocenters. The second kappa shape index (κ2) is 5.42. The zero-order valence-electron chi connectivity index (χ0n) is 10.5. The van der Waals surface area contributed by atoms with Crippen LogP contribution in [0.2, 0.25) is 0 Å². The van der Waals surface area contributed by atoms with E-state index >= 15 is 0 Å². The lowest BCUT2D eigenvalue weighted by Crippen LogP contribution is -2.30. The van der Waals surface area contributed by atoms with E-state index in [0.29, 0.717) is 15.7 Å². The standard InChI is InChI=1S/C14H12BrFN2S2/c15-12-9(14(17)19)1-2-10(13(12)16)18-5-3-11-8(7-18)4-6-20-11/h1-2,4,6H,3,5,7H2,(H2,17,19). The van der Waals surface area contributed by atoms with Gasteiger partial charge in [-0.2, -0.15) is 0 Å². The van der Waals surface area contributed by atoms with Crippen molar-refractivity contribution in [2.75, 3.05) is 11.4 Å². The Hall–Kier alpha value is -0.980. The Morgan fingerprint density at radius 2 is 2.20 bits per heavy atom. The molecule has 1 aliphatic heterocycles. The largest absolute Gasteiger partial charge is 0.389 e. The van der Waals surface area contributed by atoms with Crippen LogP contribution in [0.25, 0.3) is 0 Å². The van der Waals surface area contributed by atoms with Crippen LogP contribution in [0.3, 0.4) is 0 Å². The minimum absolute atomic E-state index is 0.195. The number of hydrogen-bond donors (Lipinski definition) is 1. The van der Waals surface area contributed by atoms with Gasteiger partial charge in [0, 0.05) is 23.5 Å². The van der Waals surface area contributed by atoms with Crippen molar-refractivity contribution in [3.05, 3.63) is 49.9 Å². The van der Waals surface area contributed by atoms with Gasteiger partial charge in [0.15, 0.2) is 5.82 Å². The SMILES string of the molecule is NC(=S)c1ccc(N2CCc3sccc3C2)c(F)c1Br. The molecule has 0 aliphatic carbocycles. The maximum Gasteiger partial charge on any atom is 0.161 e. The number of thiophene rings is 1. The zero-order chi connectivity index (χ0) is 14.3. The second-order valence-electron chi connectivity index (χ2n) is 4.67. The zero-order valence-corrected chi connectivity index (χ0v) is 13.7. The molecule has 20 heavy (non-hydrogen) atoms. The predicted octanol–water partition coefficient (Wildman–Crippen LogP) is 3.85. The van der Waals surface area contributed by atoms with E-state index in [0.717, 1.165) is 19.5 Å². The molecule has 2 heterocycles. The summed E-state index contributed by atoms with van der Waals surface area (Å²) in [5.41, 5.74) is 8.00. The average molecular weight is 371 g/mol. The lowest BCUT2D eigenvalue weighted by atomic mass is 10.1. The molecule has 1 aromatic carbocycles. The van der Waals surface area contributed by atoms with E-state index in [1.165, 1.54) is 10.4 Å². The summed E-state index contributed by atoms with van der Waals surface area (Å²) in [4.78, 5) is 3.65. The van der Waals surface area contributed by atoms with Gasteiger partial charge in [-0.05, 0) is 51.5 Å². The van der Waals surface area contributed by atoms with Crippen molar-refractivity contribution >= 4 is 50.2 Å². The second-order valence-corrected chi connectivity index (χ2v) is 6.90. The number of thiocarbonyl (C=S) groups is 1. The minimum atomic E-state index is -0.297. The molecule has 0 saturated carbocycles. The topological polar surface area (TPSA) is 29.3 Å². The van der Waals surface area contributed by atoms with Crippen molar-refractivity contribution in [2.24, 2.45) is 5.73 Å². The van der Waals surface area contributed by atoms with E-state index in [1.807, 2.05) is 0 Å². The molecule has 1 aliphatic rings. The molecule has 0 spiro atoms. The summed E-state index contributed by atoms with van der Waals surface area (Å²) in [6.45, 7) is 1.57. The van der Waals surface area contributed by atoms with Gasteiger partial charge in [-0.15, -0.1) is 11.3 Å². The molecule has 2 nitrogen and oxygen atoms in total. The van der Waals surface area contributed by atoms with Crippen LogP contribution in [0.1, 0.15) is 16.0 Å². The molecule has 3 rings (SSSR count). The molecule has 2 aromatic rings. The fourth-order valence-corrected chi connectivity index (χ4v) is 4.17. The van der Waals surface area contributed by atoms with Crippen molar-refractivity contribution in [3.63, 3.8) is 0 Å². The third kappa shape index (κ3) is 2.36. The van der Waals surface area contributed by atoms with E-state index in [2.05, 4.69) is 32.3 Å². The molecule has 0 bridgehead atoms. The Balaban J connectivity index is 1.96. The highest BCUT2D eigenvalue weighted by atomic mass is 79.9. The number of anilines is 1. The number of hydrogen-bond acceptors (Lipinski definition) is 3. The van der Waals surface area contributed by atoms with Crippen LogP contribution >= 0.6 is 39.5 Å². The van der Waals surface area contributed by atoms with Crippen molar-refractivity contribution < 1.29 is 4.39 Å². The molecule has 104 valence electrons. The summed E-state index contributed by atoms with van der Waals surface area (Å²) in [6.07, 6.45) is 0.959. The lowest BCUT2D eigenvalue weighted by Gasteiger charge is -2.29. The van der Waals surface area contributed by atoms with E-state index < -0.39 is 0 Å². The Morgan fingerprint density at radius 1 is 1.40 bits per heavy atom. The summed E-state index contributed by atoms with van der Waals surface area (Å²) in [7, 11) is 0. The Labute approximate surface area is 134 Å². The van der Waals surface area contributed by atoms with E-state index in [-0.39, 0.29) is 10.8 Å². The highest BCUT2D eigenvalue weighted by molar-refractivity contribution is 9.10. The van der Waals surface area contributed by atoms with Crippen molar-refractivity contribution in [1.82, 2.24) is 0 Å². The van der Waals surface area contributed by atoms with Gasteiger partial charge in [0.25, 0.3) is 0 Å². The molecule has 2 N–H and O–H groups in total. The Bertz CT molecular complexity index is 684. The summed E-state index contributed by atoms with van der Waals surface area (Å²) in [6, 6.07) is 5.64. The molecule has 0 radical (unpaired) electrons. The van der Waals surface area contributed by atoms with Gasteiger partial charge in [0.2, 0.25) is 0 Å². The fraction of sp³-hybridized carbons (Fsp3) is 0.214. The third-order valence-corrected chi connectivity index (χ3v) is 5.49. The molecule has 0 amide bonds. The van der Waals surface area contributed by atoms with Crippen LogP contribution < -0.4 is 10.6 Å². The summed E-state index contributed by atoms with van der Waals surface area (Å²) < 4.78 is 14.9. The first kappa shape index (κ1) is 14.0. The Morgan fingerprint density at radius 3 is 2.95 bits per heavy atom. The third-order valence-electron chi connectivity index (χ3n) is 3.48. The van der Waals surface area contributed by atoms with Crippen molar-refractivity contribution in [1.29, 1.82) is 0 Å². The molecular formula is C14H12BrFN2S2. The first-order chi connectivity index (χ1) is 9.58. The van der Waals surface area contributed by atoms with Gasteiger partial charge in [-0.3, -0.25) is 0 Å². The van der Waals surface area contributed by atoms with Crippen LogP contribution in [0.15, 0.2) is 28.1 Å². The van der Waals surface area contributed by atoms with Crippen LogP contribution in [0, 0.1) is 5.82 Å². The maximum atomic E-state index is 14.5.